The van der Waals surface area contributed by atoms with Crippen LogP contribution in [0.15, 0.2) is 24.3 Å². The average molecular weight is 221 g/mol. The minimum atomic E-state index is -0.000949. The molecule has 2 rings (SSSR count). The van der Waals surface area contributed by atoms with Gasteiger partial charge < -0.3 is 15.5 Å². The van der Waals surface area contributed by atoms with Crippen molar-refractivity contribution in [2.24, 2.45) is 5.41 Å². The number of hydrogen-bond acceptors (Lipinski definition) is 3. The molecule has 16 heavy (non-hydrogen) atoms. The van der Waals surface area contributed by atoms with E-state index in [1.165, 1.54) is 0 Å². The molecule has 0 radical (unpaired) electrons. The van der Waals surface area contributed by atoms with Gasteiger partial charge in [-0.15, -0.1) is 0 Å². The minimum absolute atomic E-state index is 0.000949. The maximum atomic E-state index is 9.58. The summed E-state index contributed by atoms with van der Waals surface area (Å²) in [7, 11) is 0. The summed E-state index contributed by atoms with van der Waals surface area (Å²) in [6.07, 6.45) is 2.85. The van der Waals surface area contributed by atoms with E-state index in [0.717, 1.165) is 37.9 Å². The van der Waals surface area contributed by atoms with Crippen molar-refractivity contribution in [2.75, 3.05) is 19.7 Å². The van der Waals surface area contributed by atoms with E-state index in [0.29, 0.717) is 5.75 Å². The molecule has 0 unspecified atom stereocenters. The molecule has 1 fully saturated rings. The van der Waals surface area contributed by atoms with Gasteiger partial charge in [0.25, 0.3) is 0 Å². The van der Waals surface area contributed by atoms with Crippen molar-refractivity contribution in [3.63, 3.8) is 0 Å². The van der Waals surface area contributed by atoms with Crippen LogP contribution in [0.5, 0.6) is 5.75 Å². The second kappa shape index (κ2) is 4.85. The van der Waals surface area contributed by atoms with E-state index >= 15 is 0 Å². The summed E-state index contributed by atoms with van der Waals surface area (Å²) in [5.41, 5.74) is 1.11. The minimum Gasteiger partial charge on any atom is -0.508 e. The van der Waals surface area contributed by atoms with Gasteiger partial charge in [0.2, 0.25) is 0 Å². The van der Waals surface area contributed by atoms with Crippen molar-refractivity contribution in [3.8, 4) is 5.75 Å². The van der Waals surface area contributed by atoms with Gasteiger partial charge in [-0.25, -0.2) is 0 Å². The highest BCUT2D eigenvalue weighted by molar-refractivity contribution is 5.28. The molecular formula is C13H19NO2. The first-order valence-corrected chi connectivity index (χ1v) is 5.84. The number of aromatic hydroxyl groups is 1. The Morgan fingerprint density at radius 1 is 1.25 bits per heavy atom. The number of phenols is 1. The predicted molar refractivity (Wildman–Crippen MR) is 63.4 cm³/mol. The van der Waals surface area contributed by atoms with Crippen LogP contribution in [0, 0.1) is 5.41 Å². The van der Waals surface area contributed by atoms with E-state index in [1.54, 1.807) is 12.1 Å². The van der Waals surface area contributed by atoms with Crippen molar-refractivity contribution < 1.29 is 10.2 Å². The Hall–Kier alpha value is -1.06. The van der Waals surface area contributed by atoms with Gasteiger partial charge in [-0.1, -0.05) is 12.1 Å². The summed E-state index contributed by atoms with van der Waals surface area (Å²) < 4.78 is 0. The molecule has 0 bridgehead atoms. The average Bonchev–Trinajstić information content (AvgIpc) is 2.30. The number of benzene rings is 1. The van der Waals surface area contributed by atoms with Crippen molar-refractivity contribution in [2.45, 2.75) is 19.3 Å². The molecule has 88 valence electrons. The molecule has 3 heteroatoms. The standard InChI is InChI=1S/C13H19NO2/c15-10-13(4-6-14-7-5-13)9-11-2-1-3-12(16)8-11/h1-3,8,14-16H,4-7,9-10H2. The number of rotatable bonds is 3. The fourth-order valence-corrected chi connectivity index (χ4v) is 2.45. The smallest absolute Gasteiger partial charge is 0.115 e. The lowest BCUT2D eigenvalue weighted by Crippen LogP contribution is -2.40. The highest BCUT2D eigenvalue weighted by atomic mass is 16.3. The van der Waals surface area contributed by atoms with Crippen LogP contribution < -0.4 is 5.32 Å². The maximum Gasteiger partial charge on any atom is 0.115 e. The molecule has 0 aliphatic carbocycles. The maximum absolute atomic E-state index is 9.58. The van der Waals surface area contributed by atoms with Crippen molar-refractivity contribution in [3.05, 3.63) is 29.8 Å². The summed E-state index contributed by atoms with van der Waals surface area (Å²) in [4.78, 5) is 0. The molecule has 0 saturated carbocycles. The van der Waals surface area contributed by atoms with Crippen LogP contribution in [0.2, 0.25) is 0 Å². The van der Waals surface area contributed by atoms with E-state index in [-0.39, 0.29) is 12.0 Å². The Balaban J connectivity index is 2.11. The topological polar surface area (TPSA) is 52.5 Å². The van der Waals surface area contributed by atoms with Gasteiger partial charge in [0, 0.05) is 6.61 Å². The normalized spacial score (nSPS) is 19.6. The number of nitrogens with one attached hydrogen (secondary N) is 1. The monoisotopic (exact) mass is 221 g/mol. The number of aliphatic hydroxyl groups is 1. The van der Waals surface area contributed by atoms with Crippen molar-refractivity contribution >= 4 is 0 Å². The van der Waals surface area contributed by atoms with Gasteiger partial charge in [-0.05, 0) is 55.5 Å². The molecule has 0 aromatic heterocycles. The molecule has 0 atom stereocenters. The Kier molecular flexibility index (Phi) is 3.46. The summed E-state index contributed by atoms with van der Waals surface area (Å²) in [5.74, 6) is 0.305. The van der Waals surface area contributed by atoms with E-state index < -0.39 is 0 Å². The fraction of sp³-hybridized carbons (Fsp3) is 0.538. The number of piperidine rings is 1. The quantitative estimate of drug-likeness (QED) is 0.721. The highest BCUT2D eigenvalue weighted by Gasteiger charge is 2.31. The Morgan fingerprint density at radius 2 is 2.00 bits per heavy atom. The van der Waals surface area contributed by atoms with Crippen LogP contribution in [0.25, 0.3) is 0 Å². The molecule has 0 amide bonds. The molecule has 1 aromatic carbocycles. The second-order valence-corrected chi connectivity index (χ2v) is 4.75. The molecule has 0 spiro atoms. The second-order valence-electron chi connectivity index (χ2n) is 4.75. The summed E-state index contributed by atoms with van der Waals surface area (Å²) >= 11 is 0. The van der Waals surface area contributed by atoms with E-state index in [1.807, 2.05) is 12.1 Å². The first-order valence-electron chi connectivity index (χ1n) is 5.84. The third-order valence-electron chi connectivity index (χ3n) is 3.49. The molecule has 3 N–H and O–H groups in total. The van der Waals surface area contributed by atoms with Crippen molar-refractivity contribution in [1.82, 2.24) is 5.32 Å². The molecule has 1 saturated heterocycles. The van der Waals surface area contributed by atoms with Gasteiger partial charge in [-0.3, -0.25) is 0 Å². The van der Waals surface area contributed by atoms with Crippen LogP contribution in [-0.4, -0.2) is 29.9 Å². The zero-order chi connectivity index (χ0) is 11.4. The Morgan fingerprint density at radius 3 is 2.62 bits per heavy atom. The molecule has 3 nitrogen and oxygen atoms in total. The van der Waals surface area contributed by atoms with Crippen LogP contribution in [0.1, 0.15) is 18.4 Å². The van der Waals surface area contributed by atoms with Gasteiger partial charge in [0.15, 0.2) is 0 Å². The van der Waals surface area contributed by atoms with Crippen LogP contribution >= 0.6 is 0 Å². The lowest BCUT2D eigenvalue weighted by atomic mass is 9.75. The van der Waals surface area contributed by atoms with Crippen LogP contribution in [0.4, 0.5) is 0 Å². The van der Waals surface area contributed by atoms with Gasteiger partial charge in [0.1, 0.15) is 5.75 Å². The third kappa shape index (κ3) is 2.54. The molecule has 1 aliphatic rings. The lowest BCUT2D eigenvalue weighted by Gasteiger charge is -2.36. The Bertz CT molecular complexity index is 346. The molecular weight excluding hydrogens is 202 g/mol. The van der Waals surface area contributed by atoms with Crippen LogP contribution in [0.3, 0.4) is 0 Å². The zero-order valence-corrected chi connectivity index (χ0v) is 9.45. The molecule has 1 aliphatic heterocycles. The number of hydrogen-bond donors (Lipinski definition) is 3. The Labute approximate surface area is 96.1 Å². The number of phenolic OH excluding ortho intramolecular Hbond substituents is 1. The predicted octanol–water partition coefficient (Wildman–Crippen LogP) is 1.30. The fourth-order valence-electron chi connectivity index (χ4n) is 2.45. The highest BCUT2D eigenvalue weighted by Crippen LogP contribution is 2.32. The molecule has 1 aromatic rings. The van der Waals surface area contributed by atoms with Crippen LogP contribution in [-0.2, 0) is 6.42 Å². The van der Waals surface area contributed by atoms with E-state index in [2.05, 4.69) is 5.32 Å². The van der Waals surface area contributed by atoms with Crippen molar-refractivity contribution in [1.29, 1.82) is 0 Å². The van der Waals surface area contributed by atoms with E-state index in [4.69, 9.17) is 0 Å². The number of aliphatic hydroxyl groups excluding tert-OH is 1. The first-order chi connectivity index (χ1) is 7.74. The third-order valence-corrected chi connectivity index (χ3v) is 3.49. The van der Waals surface area contributed by atoms with Gasteiger partial charge >= 0.3 is 0 Å². The largest absolute Gasteiger partial charge is 0.508 e. The van der Waals surface area contributed by atoms with Gasteiger partial charge in [0.05, 0.1) is 0 Å². The summed E-state index contributed by atoms with van der Waals surface area (Å²) in [6.45, 7) is 2.17. The zero-order valence-electron chi connectivity index (χ0n) is 9.45. The SMILES string of the molecule is OCC1(Cc2cccc(O)c2)CCNCC1. The van der Waals surface area contributed by atoms with Gasteiger partial charge in [-0.2, -0.15) is 0 Å². The molecule has 1 heterocycles. The lowest BCUT2D eigenvalue weighted by molar-refractivity contribution is 0.0893. The van der Waals surface area contributed by atoms with E-state index in [9.17, 15) is 10.2 Å². The summed E-state index contributed by atoms with van der Waals surface area (Å²) in [5, 5.41) is 22.3. The first kappa shape index (κ1) is 11.4. The summed E-state index contributed by atoms with van der Waals surface area (Å²) in [6, 6.07) is 7.34.